The van der Waals surface area contributed by atoms with Crippen LogP contribution < -0.4 is 15.0 Å². The molecule has 0 heterocycles. The lowest BCUT2D eigenvalue weighted by atomic mass is 10.1. The highest BCUT2D eigenvalue weighted by Crippen LogP contribution is 2.19. The first-order valence-electron chi connectivity index (χ1n) is 7.78. The number of rotatable bonds is 5. The Labute approximate surface area is 142 Å². The third kappa shape index (κ3) is 4.05. The SMILES string of the molecule is CCN(C(=O)NCc1ccc(C)c(OC)c1)c1ccc(C#N)cc1. The van der Waals surface area contributed by atoms with Gasteiger partial charge >= 0.3 is 6.03 Å². The highest BCUT2D eigenvalue weighted by Gasteiger charge is 2.13. The molecule has 0 fully saturated rings. The zero-order chi connectivity index (χ0) is 17.5. The summed E-state index contributed by atoms with van der Waals surface area (Å²) >= 11 is 0. The monoisotopic (exact) mass is 323 g/mol. The van der Waals surface area contributed by atoms with Crippen molar-refractivity contribution >= 4 is 11.7 Å². The molecule has 0 radical (unpaired) electrons. The van der Waals surface area contributed by atoms with Crippen molar-refractivity contribution < 1.29 is 9.53 Å². The van der Waals surface area contributed by atoms with Crippen LogP contribution >= 0.6 is 0 Å². The molecule has 2 aromatic rings. The van der Waals surface area contributed by atoms with Gasteiger partial charge in [0.25, 0.3) is 0 Å². The number of carbonyl (C=O) groups excluding carboxylic acids is 1. The predicted octanol–water partition coefficient (Wildman–Crippen LogP) is 3.61. The van der Waals surface area contributed by atoms with Gasteiger partial charge in [-0.1, -0.05) is 12.1 Å². The average Bonchev–Trinajstić information content (AvgIpc) is 2.62. The van der Waals surface area contributed by atoms with Crippen LogP contribution in [-0.2, 0) is 6.54 Å². The highest BCUT2D eigenvalue weighted by molar-refractivity contribution is 5.91. The van der Waals surface area contributed by atoms with Gasteiger partial charge in [0.15, 0.2) is 0 Å². The Bertz CT molecular complexity index is 748. The van der Waals surface area contributed by atoms with E-state index < -0.39 is 0 Å². The smallest absolute Gasteiger partial charge is 0.322 e. The van der Waals surface area contributed by atoms with E-state index in [0.29, 0.717) is 18.7 Å². The van der Waals surface area contributed by atoms with Crippen molar-refractivity contribution in [2.75, 3.05) is 18.6 Å². The molecule has 2 rings (SSSR count). The molecule has 5 heteroatoms. The van der Waals surface area contributed by atoms with E-state index in [9.17, 15) is 4.79 Å². The molecule has 5 nitrogen and oxygen atoms in total. The van der Waals surface area contributed by atoms with E-state index in [0.717, 1.165) is 22.6 Å². The predicted molar refractivity (Wildman–Crippen MR) is 94.1 cm³/mol. The van der Waals surface area contributed by atoms with Gasteiger partial charge in [0, 0.05) is 18.8 Å². The summed E-state index contributed by atoms with van der Waals surface area (Å²) in [5.74, 6) is 0.807. The minimum Gasteiger partial charge on any atom is -0.496 e. The van der Waals surface area contributed by atoms with Crippen molar-refractivity contribution in [3.05, 3.63) is 59.2 Å². The van der Waals surface area contributed by atoms with Crippen molar-refractivity contribution in [1.29, 1.82) is 5.26 Å². The van der Waals surface area contributed by atoms with Crippen LogP contribution in [-0.4, -0.2) is 19.7 Å². The average molecular weight is 323 g/mol. The number of hydrogen-bond acceptors (Lipinski definition) is 3. The summed E-state index contributed by atoms with van der Waals surface area (Å²) in [6.07, 6.45) is 0. The fraction of sp³-hybridized carbons (Fsp3) is 0.263. The van der Waals surface area contributed by atoms with Gasteiger partial charge in [0.2, 0.25) is 0 Å². The second kappa shape index (κ2) is 8.02. The molecule has 24 heavy (non-hydrogen) atoms. The third-order valence-electron chi connectivity index (χ3n) is 3.79. The maximum Gasteiger partial charge on any atom is 0.322 e. The zero-order valence-electron chi connectivity index (χ0n) is 14.2. The summed E-state index contributed by atoms with van der Waals surface area (Å²) in [6, 6.07) is 14.7. The summed E-state index contributed by atoms with van der Waals surface area (Å²) in [5.41, 5.74) is 3.36. The number of aryl methyl sites for hydroxylation is 1. The molecule has 2 aromatic carbocycles. The van der Waals surface area contributed by atoms with E-state index in [4.69, 9.17) is 10.00 Å². The van der Waals surface area contributed by atoms with Crippen LogP contribution in [0.2, 0.25) is 0 Å². The molecular formula is C19H21N3O2. The largest absolute Gasteiger partial charge is 0.496 e. The van der Waals surface area contributed by atoms with Crippen molar-refractivity contribution in [3.8, 4) is 11.8 Å². The van der Waals surface area contributed by atoms with Gasteiger partial charge in [-0.2, -0.15) is 5.26 Å². The summed E-state index contributed by atoms with van der Waals surface area (Å²) in [4.78, 5) is 14.1. The first-order chi connectivity index (χ1) is 11.6. The van der Waals surface area contributed by atoms with Crippen molar-refractivity contribution in [2.24, 2.45) is 0 Å². The number of amides is 2. The topological polar surface area (TPSA) is 65.4 Å². The number of carbonyl (C=O) groups is 1. The van der Waals surface area contributed by atoms with Gasteiger partial charge < -0.3 is 10.1 Å². The maximum atomic E-state index is 12.4. The Balaban J connectivity index is 2.05. The van der Waals surface area contributed by atoms with Crippen LogP contribution in [0.4, 0.5) is 10.5 Å². The molecule has 0 aromatic heterocycles. The lowest BCUT2D eigenvalue weighted by Crippen LogP contribution is -2.39. The van der Waals surface area contributed by atoms with Crippen molar-refractivity contribution in [3.63, 3.8) is 0 Å². The van der Waals surface area contributed by atoms with Crippen LogP contribution in [0.25, 0.3) is 0 Å². The molecular weight excluding hydrogens is 302 g/mol. The van der Waals surface area contributed by atoms with Crippen LogP contribution in [0.15, 0.2) is 42.5 Å². The van der Waals surface area contributed by atoms with E-state index in [1.807, 2.05) is 32.0 Å². The van der Waals surface area contributed by atoms with Gasteiger partial charge in [-0.25, -0.2) is 4.79 Å². The van der Waals surface area contributed by atoms with Gasteiger partial charge in [-0.3, -0.25) is 4.90 Å². The number of nitrogens with zero attached hydrogens (tertiary/aromatic N) is 2. The lowest BCUT2D eigenvalue weighted by molar-refractivity contribution is 0.246. The fourth-order valence-electron chi connectivity index (χ4n) is 2.41. The number of hydrogen-bond donors (Lipinski definition) is 1. The number of anilines is 1. The molecule has 0 aliphatic rings. The van der Waals surface area contributed by atoms with Gasteiger partial charge in [0.05, 0.1) is 18.7 Å². The van der Waals surface area contributed by atoms with Crippen LogP contribution in [0, 0.1) is 18.3 Å². The molecule has 124 valence electrons. The second-order valence-electron chi connectivity index (χ2n) is 5.37. The van der Waals surface area contributed by atoms with E-state index in [1.165, 1.54) is 0 Å². The van der Waals surface area contributed by atoms with E-state index >= 15 is 0 Å². The van der Waals surface area contributed by atoms with Gasteiger partial charge in [-0.15, -0.1) is 0 Å². The van der Waals surface area contributed by atoms with Crippen LogP contribution in [0.1, 0.15) is 23.6 Å². The quantitative estimate of drug-likeness (QED) is 0.914. The van der Waals surface area contributed by atoms with Crippen molar-refractivity contribution in [1.82, 2.24) is 5.32 Å². The number of methoxy groups -OCH3 is 1. The first-order valence-corrected chi connectivity index (χ1v) is 7.78. The summed E-state index contributed by atoms with van der Waals surface area (Å²) in [5, 5.41) is 11.8. The molecule has 0 spiro atoms. The van der Waals surface area contributed by atoms with E-state index in [-0.39, 0.29) is 6.03 Å². The molecule has 0 saturated carbocycles. The Morgan fingerprint density at radius 1 is 1.25 bits per heavy atom. The molecule has 0 saturated heterocycles. The van der Waals surface area contributed by atoms with E-state index in [2.05, 4.69) is 11.4 Å². The fourth-order valence-corrected chi connectivity index (χ4v) is 2.41. The lowest BCUT2D eigenvalue weighted by Gasteiger charge is -2.21. The number of nitrogens with one attached hydrogen (secondary N) is 1. The molecule has 0 unspecified atom stereocenters. The highest BCUT2D eigenvalue weighted by atomic mass is 16.5. The molecule has 0 atom stereocenters. The molecule has 0 aliphatic carbocycles. The summed E-state index contributed by atoms with van der Waals surface area (Å²) in [7, 11) is 1.63. The van der Waals surface area contributed by atoms with E-state index in [1.54, 1.807) is 36.3 Å². The standard InChI is InChI=1S/C19H21N3O2/c1-4-22(17-9-7-15(12-20)8-10-17)19(23)21-13-16-6-5-14(2)18(11-16)24-3/h5-11H,4,13H2,1-3H3,(H,21,23). The maximum absolute atomic E-state index is 12.4. The molecule has 1 N–H and O–H groups in total. The normalized spacial score (nSPS) is 9.92. The Kier molecular flexibility index (Phi) is 5.80. The van der Waals surface area contributed by atoms with Crippen molar-refractivity contribution in [2.45, 2.75) is 20.4 Å². The Morgan fingerprint density at radius 2 is 1.96 bits per heavy atom. The minimum absolute atomic E-state index is 0.179. The minimum atomic E-state index is -0.179. The van der Waals surface area contributed by atoms with Gasteiger partial charge in [-0.05, 0) is 55.3 Å². The zero-order valence-corrected chi connectivity index (χ0v) is 14.2. The molecule has 0 aliphatic heterocycles. The Hall–Kier alpha value is -3.00. The summed E-state index contributed by atoms with van der Waals surface area (Å²) in [6.45, 7) is 4.84. The third-order valence-corrected chi connectivity index (χ3v) is 3.79. The number of benzene rings is 2. The summed E-state index contributed by atoms with van der Waals surface area (Å²) < 4.78 is 5.30. The second-order valence-corrected chi connectivity index (χ2v) is 5.37. The molecule has 2 amide bonds. The van der Waals surface area contributed by atoms with Crippen LogP contribution in [0.5, 0.6) is 5.75 Å². The first kappa shape index (κ1) is 17.4. The number of ether oxygens (including phenoxy) is 1. The van der Waals surface area contributed by atoms with Gasteiger partial charge in [0.1, 0.15) is 5.75 Å². The number of nitriles is 1. The number of urea groups is 1. The van der Waals surface area contributed by atoms with Crippen LogP contribution in [0.3, 0.4) is 0 Å². The Morgan fingerprint density at radius 3 is 2.54 bits per heavy atom. The molecule has 0 bridgehead atoms.